The van der Waals surface area contributed by atoms with E-state index in [0.717, 1.165) is 26.9 Å². The largest absolute Gasteiger partial charge is 0.504 e. The van der Waals surface area contributed by atoms with Crippen molar-refractivity contribution in [3.63, 3.8) is 0 Å². The highest BCUT2D eigenvalue weighted by atomic mass is 32.2. The highest BCUT2D eigenvalue weighted by Crippen LogP contribution is 2.33. The molecule has 2 unspecified atom stereocenters. The van der Waals surface area contributed by atoms with Crippen LogP contribution in [0.15, 0.2) is 52.7 Å². The third kappa shape index (κ3) is 8.41. The summed E-state index contributed by atoms with van der Waals surface area (Å²) in [4.78, 5) is 17.0. The molecule has 36 heavy (non-hydrogen) atoms. The highest BCUT2D eigenvalue weighted by Gasteiger charge is 2.25. The van der Waals surface area contributed by atoms with Gasteiger partial charge in [0.15, 0.2) is 11.5 Å². The van der Waals surface area contributed by atoms with Gasteiger partial charge in [-0.1, -0.05) is 12.1 Å². The van der Waals surface area contributed by atoms with Crippen molar-refractivity contribution in [3.05, 3.63) is 64.1 Å². The molecule has 3 rings (SSSR count). The summed E-state index contributed by atoms with van der Waals surface area (Å²) >= 11 is 2.95. The summed E-state index contributed by atoms with van der Waals surface area (Å²) in [6.45, 7) is 8.07. The van der Waals surface area contributed by atoms with Gasteiger partial charge in [0.05, 0.1) is 22.8 Å². The number of amides is 1. The first kappa shape index (κ1) is 27.8. The van der Waals surface area contributed by atoms with E-state index in [-0.39, 0.29) is 30.0 Å². The Morgan fingerprint density at radius 2 is 1.89 bits per heavy atom. The van der Waals surface area contributed by atoms with Crippen molar-refractivity contribution < 1.29 is 24.9 Å². The fourth-order valence-corrected chi connectivity index (χ4v) is 5.11. The van der Waals surface area contributed by atoms with E-state index >= 15 is 0 Å². The molecule has 3 aromatic rings. The number of aliphatic hydroxyl groups is 1. The number of thiazole rings is 1. The summed E-state index contributed by atoms with van der Waals surface area (Å²) in [5.41, 5.74) is 1.85. The van der Waals surface area contributed by atoms with E-state index in [9.17, 15) is 20.1 Å². The Labute approximate surface area is 220 Å². The van der Waals surface area contributed by atoms with Crippen LogP contribution in [0.1, 0.15) is 37.0 Å². The molecule has 0 saturated carbocycles. The number of hydrogen-bond acceptors (Lipinski definition) is 9. The molecule has 2 aromatic carbocycles. The molecular formula is C26H33N3O5S2. The molecule has 4 N–H and O–H groups in total. The molecule has 1 aromatic heterocycles. The SMILES string of the molecule is CC(=O)NC(Cc1ccc(OCc2csc(C)n2)cc1)C(O)CN(Sc1ccc(O)c(O)c1)C(C)C. The van der Waals surface area contributed by atoms with Crippen molar-refractivity contribution in [2.75, 3.05) is 6.54 Å². The summed E-state index contributed by atoms with van der Waals surface area (Å²) in [5.74, 6) is 0.121. The zero-order chi connectivity index (χ0) is 26.2. The standard InChI is InChI=1S/C26H33N3O5S2/c1-16(2)29(36-22-9-10-24(31)25(32)12-22)13-26(33)23(27-17(3)30)11-19-5-7-21(8-6-19)34-14-20-15-35-18(4)28-20/h5-10,12,15-16,23,26,31-33H,11,13-14H2,1-4H3,(H,27,30). The monoisotopic (exact) mass is 531 g/mol. The quantitative estimate of drug-likeness (QED) is 0.202. The minimum atomic E-state index is -0.849. The van der Waals surface area contributed by atoms with Gasteiger partial charge in [-0.2, -0.15) is 0 Å². The number of phenols is 2. The average Bonchev–Trinajstić information content (AvgIpc) is 3.24. The molecule has 0 spiro atoms. The maximum Gasteiger partial charge on any atom is 0.217 e. The van der Waals surface area contributed by atoms with Crippen LogP contribution in [0.2, 0.25) is 0 Å². The van der Waals surface area contributed by atoms with Crippen molar-refractivity contribution >= 4 is 29.2 Å². The minimum Gasteiger partial charge on any atom is -0.504 e. The lowest BCUT2D eigenvalue weighted by Gasteiger charge is -2.31. The fraction of sp³-hybridized carbons (Fsp3) is 0.385. The van der Waals surface area contributed by atoms with Crippen molar-refractivity contribution in [2.24, 2.45) is 0 Å². The van der Waals surface area contributed by atoms with Gasteiger partial charge >= 0.3 is 0 Å². The lowest BCUT2D eigenvalue weighted by atomic mass is 10.0. The minimum absolute atomic E-state index is 0.0662. The Balaban J connectivity index is 1.63. The molecule has 8 nitrogen and oxygen atoms in total. The van der Waals surface area contributed by atoms with Gasteiger partial charge in [-0.25, -0.2) is 9.29 Å². The Hall–Kier alpha value is -2.79. The van der Waals surface area contributed by atoms with Crippen LogP contribution in [0.25, 0.3) is 0 Å². The molecule has 0 bridgehead atoms. The highest BCUT2D eigenvalue weighted by molar-refractivity contribution is 7.97. The molecule has 0 aliphatic carbocycles. The summed E-state index contributed by atoms with van der Waals surface area (Å²) in [5, 5.41) is 36.3. The van der Waals surface area contributed by atoms with Crippen LogP contribution in [-0.2, 0) is 17.8 Å². The summed E-state index contributed by atoms with van der Waals surface area (Å²) < 4.78 is 7.79. The van der Waals surface area contributed by atoms with Gasteiger partial charge in [0.25, 0.3) is 0 Å². The van der Waals surface area contributed by atoms with Crippen molar-refractivity contribution in [1.82, 2.24) is 14.6 Å². The lowest BCUT2D eigenvalue weighted by Crippen LogP contribution is -2.48. The van der Waals surface area contributed by atoms with E-state index in [1.54, 1.807) is 17.4 Å². The molecule has 2 atom stereocenters. The number of carbonyl (C=O) groups is 1. The lowest BCUT2D eigenvalue weighted by molar-refractivity contribution is -0.120. The van der Waals surface area contributed by atoms with Gasteiger partial charge in [-0.05, 0) is 75.0 Å². The summed E-state index contributed by atoms with van der Waals surface area (Å²) in [7, 11) is 0. The number of aryl methyl sites for hydroxylation is 1. The van der Waals surface area contributed by atoms with E-state index in [1.807, 2.05) is 54.7 Å². The number of nitrogens with zero attached hydrogens (tertiary/aromatic N) is 2. The van der Waals surface area contributed by atoms with Crippen LogP contribution in [0, 0.1) is 6.92 Å². The van der Waals surface area contributed by atoms with E-state index in [0.29, 0.717) is 13.0 Å². The molecule has 0 radical (unpaired) electrons. The number of aromatic hydroxyl groups is 2. The van der Waals surface area contributed by atoms with Crippen LogP contribution in [0.4, 0.5) is 0 Å². The van der Waals surface area contributed by atoms with Crippen LogP contribution in [0.5, 0.6) is 17.2 Å². The maximum atomic E-state index is 11.9. The van der Waals surface area contributed by atoms with E-state index in [1.165, 1.54) is 31.0 Å². The predicted molar refractivity (Wildman–Crippen MR) is 142 cm³/mol. The number of aromatic nitrogens is 1. The van der Waals surface area contributed by atoms with Crippen LogP contribution in [0.3, 0.4) is 0 Å². The molecule has 0 saturated heterocycles. The Bertz CT molecular complexity index is 1140. The second-order valence-electron chi connectivity index (χ2n) is 8.80. The normalized spacial score (nSPS) is 13.1. The first-order valence-electron chi connectivity index (χ1n) is 11.6. The Morgan fingerprint density at radius 1 is 1.17 bits per heavy atom. The van der Waals surface area contributed by atoms with Gasteiger partial charge in [0.1, 0.15) is 12.4 Å². The molecule has 1 heterocycles. The molecule has 194 valence electrons. The summed E-state index contributed by atoms with van der Waals surface area (Å²) in [6, 6.07) is 11.8. The second kappa shape index (κ2) is 13.0. The zero-order valence-electron chi connectivity index (χ0n) is 20.8. The van der Waals surface area contributed by atoms with E-state index in [2.05, 4.69) is 10.3 Å². The number of carbonyl (C=O) groups excluding carboxylic acids is 1. The number of ether oxygens (including phenoxy) is 1. The van der Waals surface area contributed by atoms with Crippen LogP contribution < -0.4 is 10.1 Å². The number of hydrogen-bond donors (Lipinski definition) is 4. The number of aliphatic hydroxyl groups excluding tert-OH is 1. The second-order valence-corrected chi connectivity index (χ2v) is 11.0. The zero-order valence-corrected chi connectivity index (χ0v) is 22.5. The first-order chi connectivity index (χ1) is 17.1. The number of rotatable bonds is 12. The summed E-state index contributed by atoms with van der Waals surface area (Å²) in [6.07, 6.45) is -0.401. The Kier molecular flexibility index (Phi) is 10.0. The predicted octanol–water partition coefficient (Wildman–Crippen LogP) is 4.27. The first-order valence-corrected chi connectivity index (χ1v) is 13.3. The third-order valence-electron chi connectivity index (χ3n) is 5.40. The van der Waals surface area contributed by atoms with Gasteiger partial charge in [0.2, 0.25) is 5.91 Å². The molecule has 0 aliphatic heterocycles. The number of phenolic OH excluding ortho intramolecular Hbond substituents is 2. The number of nitrogens with one attached hydrogen (secondary N) is 1. The molecule has 0 aliphatic rings. The fourth-order valence-electron chi connectivity index (χ4n) is 3.51. The molecular weight excluding hydrogens is 498 g/mol. The topological polar surface area (TPSA) is 115 Å². The molecule has 10 heteroatoms. The van der Waals surface area contributed by atoms with Crippen molar-refractivity contribution in [1.29, 1.82) is 0 Å². The Morgan fingerprint density at radius 3 is 2.47 bits per heavy atom. The molecule has 1 amide bonds. The van der Waals surface area contributed by atoms with Crippen LogP contribution >= 0.6 is 23.3 Å². The van der Waals surface area contributed by atoms with Crippen molar-refractivity contribution in [3.8, 4) is 17.2 Å². The van der Waals surface area contributed by atoms with Gasteiger partial charge in [0, 0.05) is 29.8 Å². The van der Waals surface area contributed by atoms with Crippen LogP contribution in [-0.4, -0.2) is 55.2 Å². The van der Waals surface area contributed by atoms with E-state index in [4.69, 9.17) is 4.74 Å². The van der Waals surface area contributed by atoms with Gasteiger partial charge < -0.3 is 25.4 Å². The van der Waals surface area contributed by atoms with Crippen molar-refractivity contribution in [2.45, 2.75) is 63.8 Å². The number of benzene rings is 2. The maximum absolute atomic E-state index is 11.9. The van der Waals surface area contributed by atoms with Gasteiger partial charge in [-0.3, -0.25) is 4.79 Å². The smallest absolute Gasteiger partial charge is 0.217 e. The third-order valence-corrected chi connectivity index (χ3v) is 7.49. The van der Waals surface area contributed by atoms with Gasteiger partial charge in [-0.15, -0.1) is 11.3 Å². The van der Waals surface area contributed by atoms with E-state index < -0.39 is 12.1 Å². The average molecular weight is 532 g/mol. The molecule has 0 fully saturated rings.